The quantitative estimate of drug-likeness (QED) is 0.404. The van der Waals surface area contributed by atoms with Crippen LogP contribution in [0, 0.1) is 0 Å². The Morgan fingerprint density at radius 1 is 0.706 bits per heavy atom. The van der Waals surface area contributed by atoms with Gasteiger partial charge in [-0.15, -0.1) is 0 Å². The number of hydrogen-bond acceptors (Lipinski definition) is 4. The molecule has 0 fully saturated rings. The van der Waals surface area contributed by atoms with Crippen molar-refractivity contribution < 1.29 is 14.4 Å². The summed E-state index contributed by atoms with van der Waals surface area (Å²) in [7, 11) is 0. The molecule has 34 heavy (non-hydrogen) atoms. The number of carbonyl (C=O) groups is 2. The Balaban J connectivity index is 1.63. The minimum Gasteiger partial charge on any atom is -0.373 e. The summed E-state index contributed by atoms with van der Waals surface area (Å²) in [4.78, 5) is 35.4. The monoisotopic (exact) mass is 444 g/mol. The van der Waals surface area contributed by atoms with Crippen molar-refractivity contribution in [2.45, 2.75) is 11.5 Å². The number of carbonyl (C=O) groups excluding carboxylic acids is 2. The van der Waals surface area contributed by atoms with E-state index in [1.54, 1.807) is 42.5 Å². The fourth-order valence-electron chi connectivity index (χ4n) is 4.95. The van der Waals surface area contributed by atoms with Gasteiger partial charge < -0.3 is 4.84 Å². The van der Waals surface area contributed by atoms with Crippen molar-refractivity contribution in [2.24, 2.45) is 5.16 Å². The maximum atomic E-state index is 14.4. The van der Waals surface area contributed by atoms with Gasteiger partial charge in [0.2, 0.25) is 0 Å². The second kappa shape index (κ2) is 7.81. The average molecular weight is 444 g/mol. The molecule has 2 aliphatic heterocycles. The van der Waals surface area contributed by atoms with Gasteiger partial charge in [0.05, 0.1) is 17.3 Å². The van der Waals surface area contributed by atoms with E-state index in [9.17, 15) is 9.59 Å². The number of oxime groups is 1. The second-order valence-electron chi connectivity index (χ2n) is 8.34. The minimum atomic E-state index is -1.52. The summed E-state index contributed by atoms with van der Waals surface area (Å²) in [6.07, 6.45) is 0. The van der Waals surface area contributed by atoms with Crippen LogP contribution in [0.15, 0.2) is 120 Å². The molecule has 2 heterocycles. The smallest absolute Gasteiger partial charge is 0.286 e. The van der Waals surface area contributed by atoms with E-state index in [0.29, 0.717) is 22.5 Å². The molecular formula is C29H20N2O3. The number of rotatable bonds is 3. The van der Waals surface area contributed by atoms with Crippen LogP contribution >= 0.6 is 0 Å². The van der Waals surface area contributed by atoms with Crippen LogP contribution in [0.1, 0.15) is 33.0 Å². The molecule has 1 spiro atoms. The molecule has 2 atom stereocenters. The highest BCUT2D eigenvalue weighted by Crippen LogP contribution is 2.52. The largest absolute Gasteiger partial charge is 0.373 e. The SMILES string of the molecule is O=C1c2ccccc2C2(ON=C(c3ccccc3)C2c2ccccc2)C(=O)N1c1ccccc1. The normalized spacial score (nSPS) is 21.2. The van der Waals surface area contributed by atoms with Crippen LogP contribution in [0.25, 0.3) is 0 Å². The predicted molar refractivity (Wildman–Crippen MR) is 130 cm³/mol. The van der Waals surface area contributed by atoms with Gasteiger partial charge in [-0.2, -0.15) is 0 Å². The predicted octanol–water partition coefficient (Wildman–Crippen LogP) is 5.29. The Labute approximate surface area is 196 Å². The van der Waals surface area contributed by atoms with Crippen molar-refractivity contribution in [2.75, 3.05) is 4.90 Å². The van der Waals surface area contributed by atoms with Crippen LogP contribution in [-0.2, 0) is 15.2 Å². The van der Waals surface area contributed by atoms with Gasteiger partial charge in [0, 0.05) is 16.7 Å². The fourth-order valence-corrected chi connectivity index (χ4v) is 4.95. The number of hydrogen-bond donors (Lipinski definition) is 0. The maximum Gasteiger partial charge on any atom is 0.286 e. The van der Waals surface area contributed by atoms with Gasteiger partial charge in [-0.25, -0.2) is 4.90 Å². The first-order valence-electron chi connectivity index (χ1n) is 11.1. The molecule has 4 aromatic rings. The molecule has 0 radical (unpaired) electrons. The second-order valence-corrected chi connectivity index (χ2v) is 8.34. The van der Waals surface area contributed by atoms with Crippen molar-refractivity contribution >= 4 is 23.2 Å². The standard InChI is InChI=1S/C29H20N2O3/c32-27-23-18-10-11-19-24(23)29(28(33)31(27)22-16-8-3-9-17-22)25(20-12-4-1-5-13-20)26(30-34-29)21-14-6-2-7-15-21/h1-19,25H. The molecule has 4 aromatic carbocycles. The van der Waals surface area contributed by atoms with E-state index >= 15 is 0 Å². The lowest BCUT2D eigenvalue weighted by molar-refractivity contribution is -0.144. The van der Waals surface area contributed by atoms with Gasteiger partial charge in [0.15, 0.2) is 0 Å². The maximum absolute atomic E-state index is 14.4. The van der Waals surface area contributed by atoms with Crippen molar-refractivity contribution in [1.82, 2.24) is 0 Å². The molecule has 0 saturated heterocycles. The van der Waals surface area contributed by atoms with Gasteiger partial charge in [-0.3, -0.25) is 9.59 Å². The van der Waals surface area contributed by atoms with E-state index in [1.165, 1.54) is 4.90 Å². The zero-order valence-corrected chi connectivity index (χ0v) is 18.2. The Bertz CT molecular complexity index is 1420. The van der Waals surface area contributed by atoms with E-state index < -0.39 is 17.4 Å². The van der Waals surface area contributed by atoms with Crippen LogP contribution in [0.2, 0.25) is 0 Å². The van der Waals surface area contributed by atoms with Gasteiger partial charge >= 0.3 is 0 Å². The molecule has 2 unspecified atom stereocenters. The number of imide groups is 1. The van der Waals surface area contributed by atoms with E-state index in [-0.39, 0.29) is 5.91 Å². The van der Waals surface area contributed by atoms with Crippen molar-refractivity contribution in [3.8, 4) is 0 Å². The highest BCUT2D eigenvalue weighted by Gasteiger charge is 2.63. The number of amides is 2. The summed E-state index contributed by atoms with van der Waals surface area (Å²) in [6, 6.07) is 35.6. The molecule has 0 N–H and O–H groups in total. The zero-order chi connectivity index (χ0) is 23.1. The molecule has 0 aliphatic carbocycles. The average Bonchev–Trinajstić information content (AvgIpc) is 3.31. The molecule has 5 heteroatoms. The Hall–Kier alpha value is -4.51. The highest BCUT2D eigenvalue weighted by molar-refractivity contribution is 6.29. The summed E-state index contributed by atoms with van der Waals surface area (Å²) in [5.41, 5.74) is 2.33. The molecule has 0 aromatic heterocycles. The van der Waals surface area contributed by atoms with Crippen LogP contribution < -0.4 is 4.90 Å². The number of benzene rings is 4. The fraction of sp³-hybridized carbons (Fsp3) is 0.0690. The lowest BCUT2D eigenvalue weighted by Gasteiger charge is -2.40. The topological polar surface area (TPSA) is 59.0 Å². The van der Waals surface area contributed by atoms with Crippen molar-refractivity contribution in [3.05, 3.63) is 138 Å². The molecule has 2 amide bonds. The Kier molecular flexibility index (Phi) is 4.62. The third-order valence-electron chi connectivity index (χ3n) is 6.47. The summed E-state index contributed by atoms with van der Waals surface area (Å²) < 4.78 is 0. The first-order chi connectivity index (χ1) is 16.7. The minimum absolute atomic E-state index is 0.374. The zero-order valence-electron chi connectivity index (χ0n) is 18.2. The number of nitrogens with zero attached hydrogens (tertiary/aromatic N) is 2. The van der Waals surface area contributed by atoms with E-state index in [0.717, 1.165) is 11.1 Å². The lowest BCUT2D eigenvalue weighted by Crippen LogP contribution is -2.57. The molecular weight excluding hydrogens is 424 g/mol. The molecule has 6 rings (SSSR count). The Morgan fingerprint density at radius 2 is 1.29 bits per heavy atom. The van der Waals surface area contributed by atoms with E-state index in [1.807, 2.05) is 72.8 Å². The lowest BCUT2D eigenvalue weighted by atomic mass is 9.70. The van der Waals surface area contributed by atoms with Crippen LogP contribution in [0.4, 0.5) is 5.69 Å². The van der Waals surface area contributed by atoms with Crippen molar-refractivity contribution in [3.63, 3.8) is 0 Å². The first-order valence-corrected chi connectivity index (χ1v) is 11.1. The van der Waals surface area contributed by atoms with E-state index in [2.05, 4.69) is 5.16 Å². The third kappa shape index (κ3) is 2.83. The molecule has 0 saturated carbocycles. The van der Waals surface area contributed by atoms with Crippen LogP contribution in [0.5, 0.6) is 0 Å². The molecule has 2 aliphatic rings. The molecule has 164 valence electrons. The summed E-state index contributed by atoms with van der Waals surface area (Å²) >= 11 is 0. The van der Waals surface area contributed by atoms with Gasteiger partial charge in [0.25, 0.3) is 17.4 Å². The van der Waals surface area contributed by atoms with Gasteiger partial charge in [-0.05, 0) is 23.8 Å². The molecule has 0 bridgehead atoms. The van der Waals surface area contributed by atoms with E-state index in [4.69, 9.17) is 4.84 Å². The Morgan fingerprint density at radius 3 is 2.00 bits per heavy atom. The van der Waals surface area contributed by atoms with Crippen LogP contribution in [-0.4, -0.2) is 17.5 Å². The van der Waals surface area contributed by atoms with Gasteiger partial charge in [0.1, 0.15) is 0 Å². The number of fused-ring (bicyclic) bond motifs is 2. The van der Waals surface area contributed by atoms with Crippen molar-refractivity contribution in [1.29, 1.82) is 0 Å². The van der Waals surface area contributed by atoms with Crippen LogP contribution in [0.3, 0.4) is 0 Å². The summed E-state index contributed by atoms with van der Waals surface area (Å²) in [5, 5.41) is 4.50. The summed E-state index contributed by atoms with van der Waals surface area (Å²) in [5.74, 6) is -1.38. The number of para-hydroxylation sites is 1. The molecule has 5 nitrogen and oxygen atoms in total. The first kappa shape index (κ1) is 20.1. The number of anilines is 1. The third-order valence-corrected chi connectivity index (χ3v) is 6.47. The van der Waals surface area contributed by atoms with Gasteiger partial charge in [-0.1, -0.05) is 102 Å². The summed E-state index contributed by atoms with van der Waals surface area (Å²) in [6.45, 7) is 0. The highest BCUT2D eigenvalue weighted by atomic mass is 16.7.